The maximum atomic E-state index is 13.2. The Morgan fingerprint density at radius 3 is 2.76 bits per heavy atom. The topological polar surface area (TPSA) is 53.8 Å². The molecule has 5 heteroatoms. The average Bonchev–Trinajstić information content (AvgIpc) is 3.31. The van der Waals surface area contributed by atoms with Gasteiger partial charge in [0.25, 0.3) is 5.91 Å². The van der Waals surface area contributed by atoms with Crippen LogP contribution in [0.25, 0.3) is 0 Å². The second-order valence-corrected chi connectivity index (χ2v) is 8.13. The largest absolute Gasteiger partial charge is 0.472 e. The van der Waals surface area contributed by atoms with Gasteiger partial charge in [-0.05, 0) is 44.1 Å². The summed E-state index contributed by atoms with van der Waals surface area (Å²) in [4.78, 5) is 29.8. The van der Waals surface area contributed by atoms with Crippen LogP contribution in [0, 0.1) is 11.3 Å². The van der Waals surface area contributed by atoms with Gasteiger partial charge < -0.3 is 14.2 Å². The molecule has 1 atom stereocenters. The molecule has 25 heavy (non-hydrogen) atoms. The maximum absolute atomic E-state index is 13.2. The molecule has 2 aliphatic heterocycles. The summed E-state index contributed by atoms with van der Waals surface area (Å²) in [6, 6.07) is 1.70. The molecule has 0 aromatic carbocycles. The Morgan fingerprint density at radius 1 is 1.16 bits per heavy atom. The van der Waals surface area contributed by atoms with Crippen molar-refractivity contribution in [3.63, 3.8) is 0 Å². The number of piperidine rings is 1. The molecule has 2 saturated heterocycles. The van der Waals surface area contributed by atoms with Crippen LogP contribution in [0.3, 0.4) is 0 Å². The van der Waals surface area contributed by atoms with E-state index in [2.05, 4.69) is 4.90 Å². The predicted octanol–water partition coefficient (Wildman–Crippen LogP) is 3.31. The van der Waals surface area contributed by atoms with E-state index in [0.29, 0.717) is 30.5 Å². The highest BCUT2D eigenvalue weighted by Gasteiger charge is 2.49. The fraction of sp³-hybridized carbons (Fsp3) is 0.700. The lowest BCUT2D eigenvalue weighted by molar-refractivity contribution is -0.146. The number of hydrogen-bond donors (Lipinski definition) is 0. The van der Waals surface area contributed by atoms with E-state index in [4.69, 9.17) is 4.42 Å². The lowest BCUT2D eigenvalue weighted by Gasteiger charge is -2.41. The summed E-state index contributed by atoms with van der Waals surface area (Å²) in [7, 11) is 0. The number of carbonyl (C=O) groups is 2. The summed E-state index contributed by atoms with van der Waals surface area (Å²) < 4.78 is 5.03. The normalized spacial score (nSPS) is 28.1. The Labute approximate surface area is 149 Å². The molecule has 0 radical (unpaired) electrons. The summed E-state index contributed by atoms with van der Waals surface area (Å²) in [6.07, 6.45) is 12.3. The van der Waals surface area contributed by atoms with Crippen LogP contribution in [0.15, 0.2) is 23.0 Å². The Hall–Kier alpha value is -1.78. The Bertz CT molecular complexity index is 621. The molecular weight excluding hydrogens is 316 g/mol. The first-order chi connectivity index (χ1) is 12.2. The highest BCUT2D eigenvalue weighted by Crippen LogP contribution is 2.41. The molecule has 3 heterocycles. The molecule has 5 nitrogen and oxygen atoms in total. The van der Waals surface area contributed by atoms with Crippen molar-refractivity contribution in [3.05, 3.63) is 24.2 Å². The third-order valence-electron chi connectivity index (χ3n) is 6.44. The van der Waals surface area contributed by atoms with Crippen LogP contribution in [0.5, 0.6) is 0 Å². The summed E-state index contributed by atoms with van der Waals surface area (Å²) in [5.41, 5.74) is 0.242. The molecule has 1 aliphatic carbocycles. The van der Waals surface area contributed by atoms with Gasteiger partial charge in [-0.1, -0.05) is 19.3 Å². The molecule has 3 aliphatic rings. The third kappa shape index (κ3) is 3.21. The van der Waals surface area contributed by atoms with E-state index >= 15 is 0 Å². The summed E-state index contributed by atoms with van der Waals surface area (Å²) in [5, 5.41) is 0. The van der Waals surface area contributed by atoms with Gasteiger partial charge in [-0.25, -0.2) is 0 Å². The molecule has 3 fully saturated rings. The molecule has 1 aromatic rings. The van der Waals surface area contributed by atoms with Gasteiger partial charge >= 0.3 is 0 Å². The molecule has 0 unspecified atom stereocenters. The van der Waals surface area contributed by atoms with Crippen molar-refractivity contribution < 1.29 is 14.0 Å². The van der Waals surface area contributed by atoms with E-state index in [1.807, 2.05) is 4.90 Å². The van der Waals surface area contributed by atoms with Gasteiger partial charge in [0.2, 0.25) is 5.91 Å². The Balaban J connectivity index is 1.42. The van der Waals surface area contributed by atoms with Crippen molar-refractivity contribution in [2.75, 3.05) is 26.2 Å². The number of amides is 2. The second kappa shape index (κ2) is 6.85. The highest BCUT2D eigenvalue weighted by molar-refractivity contribution is 5.95. The molecule has 1 spiro atoms. The zero-order valence-corrected chi connectivity index (χ0v) is 14.9. The molecular formula is C20H28N2O3. The minimum absolute atomic E-state index is 0.0113. The number of hydrogen-bond acceptors (Lipinski definition) is 3. The van der Waals surface area contributed by atoms with Crippen LogP contribution in [-0.4, -0.2) is 47.8 Å². The van der Waals surface area contributed by atoms with Gasteiger partial charge in [0.05, 0.1) is 17.2 Å². The van der Waals surface area contributed by atoms with Crippen molar-refractivity contribution >= 4 is 11.8 Å². The number of furan rings is 1. The molecule has 4 rings (SSSR count). The maximum Gasteiger partial charge on any atom is 0.257 e. The van der Waals surface area contributed by atoms with Crippen LogP contribution < -0.4 is 0 Å². The number of rotatable bonds is 3. The predicted molar refractivity (Wildman–Crippen MR) is 94.1 cm³/mol. The molecule has 0 bridgehead atoms. The van der Waals surface area contributed by atoms with Gasteiger partial charge in [0.15, 0.2) is 0 Å². The van der Waals surface area contributed by atoms with Gasteiger partial charge in [-0.3, -0.25) is 9.59 Å². The monoisotopic (exact) mass is 344 g/mol. The molecule has 1 saturated carbocycles. The van der Waals surface area contributed by atoms with E-state index < -0.39 is 0 Å². The second-order valence-electron chi connectivity index (χ2n) is 8.13. The van der Waals surface area contributed by atoms with E-state index in [1.54, 1.807) is 6.07 Å². The minimum Gasteiger partial charge on any atom is -0.472 e. The fourth-order valence-electron chi connectivity index (χ4n) is 5.00. The van der Waals surface area contributed by atoms with Crippen LogP contribution in [-0.2, 0) is 4.79 Å². The fourth-order valence-corrected chi connectivity index (χ4v) is 5.00. The molecule has 1 aromatic heterocycles. The van der Waals surface area contributed by atoms with E-state index in [9.17, 15) is 9.59 Å². The van der Waals surface area contributed by atoms with Crippen molar-refractivity contribution in [2.24, 2.45) is 11.3 Å². The third-order valence-corrected chi connectivity index (χ3v) is 6.44. The Kier molecular flexibility index (Phi) is 4.57. The first-order valence-corrected chi connectivity index (χ1v) is 9.79. The first kappa shape index (κ1) is 16.7. The number of likely N-dealkylation sites (tertiary alicyclic amines) is 2. The van der Waals surface area contributed by atoms with Crippen molar-refractivity contribution in [1.29, 1.82) is 0 Å². The zero-order chi connectivity index (χ0) is 17.3. The molecule has 136 valence electrons. The SMILES string of the molecule is O=C(c1ccoc1)N1CC[C@]2(CCCN(CC3CCCCC3)C2=O)C1. The van der Waals surface area contributed by atoms with Gasteiger partial charge in [-0.2, -0.15) is 0 Å². The van der Waals surface area contributed by atoms with E-state index in [0.717, 1.165) is 32.4 Å². The van der Waals surface area contributed by atoms with Crippen LogP contribution >= 0.6 is 0 Å². The lowest BCUT2D eigenvalue weighted by Crippen LogP contribution is -2.51. The quantitative estimate of drug-likeness (QED) is 0.845. The first-order valence-electron chi connectivity index (χ1n) is 9.79. The van der Waals surface area contributed by atoms with Crippen LogP contribution in [0.4, 0.5) is 0 Å². The molecule has 0 N–H and O–H groups in total. The van der Waals surface area contributed by atoms with Crippen molar-refractivity contribution in [1.82, 2.24) is 9.80 Å². The highest BCUT2D eigenvalue weighted by atomic mass is 16.3. The van der Waals surface area contributed by atoms with Gasteiger partial charge in [-0.15, -0.1) is 0 Å². The zero-order valence-electron chi connectivity index (χ0n) is 14.9. The number of carbonyl (C=O) groups excluding carboxylic acids is 2. The standard InChI is InChI=1S/C20H28N2O3/c23-18(17-7-12-25-14-17)22-11-9-20(15-22)8-4-10-21(19(20)24)13-16-5-2-1-3-6-16/h7,12,14,16H,1-6,8-11,13,15H2/t20-/m1/s1. The molecule has 2 amide bonds. The van der Waals surface area contributed by atoms with E-state index in [1.165, 1.54) is 44.6 Å². The van der Waals surface area contributed by atoms with Crippen LogP contribution in [0.1, 0.15) is 61.7 Å². The van der Waals surface area contributed by atoms with Gasteiger partial charge in [0.1, 0.15) is 6.26 Å². The lowest BCUT2D eigenvalue weighted by atomic mass is 9.77. The number of nitrogens with zero attached hydrogens (tertiary/aromatic N) is 2. The smallest absolute Gasteiger partial charge is 0.257 e. The Morgan fingerprint density at radius 2 is 2.00 bits per heavy atom. The van der Waals surface area contributed by atoms with Gasteiger partial charge in [0, 0.05) is 26.2 Å². The summed E-state index contributed by atoms with van der Waals surface area (Å²) in [6.45, 7) is 3.06. The summed E-state index contributed by atoms with van der Waals surface area (Å²) >= 11 is 0. The average molecular weight is 344 g/mol. The van der Waals surface area contributed by atoms with Crippen molar-refractivity contribution in [3.8, 4) is 0 Å². The summed E-state index contributed by atoms with van der Waals surface area (Å²) in [5.74, 6) is 0.965. The minimum atomic E-state index is -0.341. The van der Waals surface area contributed by atoms with E-state index in [-0.39, 0.29) is 11.3 Å². The van der Waals surface area contributed by atoms with Crippen LogP contribution in [0.2, 0.25) is 0 Å². The van der Waals surface area contributed by atoms with Crippen molar-refractivity contribution in [2.45, 2.75) is 51.4 Å².